The summed E-state index contributed by atoms with van der Waals surface area (Å²) in [5.41, 5.74) is 1.02. The summed E-state index contributed by atoms with van der Waals surface area (Å²) in [6, 6.07) is 4.27. The monoisotopic (exact) mass is 285 g/mol. The molecule has 0 radical (unpaired) electrons. The first-order chi connectivity index (χ1) is 8.70. The lowest BCUT2D eigenvalue weighted by Crippen LogP contribution is -2.16. The maximum absolute atomic E-state index is 6.18. The number of hydrogen-bond donors (Lipinski definition) is 1. The van der Waals surface area contributed by atoms with Gasteiger partial charge in [0, 0.05) is 23.2 Å². The van der Waals surface area contributed by atoms with Gasteiger partial charge in [-0.3, -0.25) is 0 Å². The van der Waals surface area contributed by atoms with Crippen molar-refractivity contribution in [3.8, 4) is 5.75 Å². The Hall–Kier alpha value is -0.700. The number of benzene rings is 1. The van der Waals surface area contributed by atoms with Crippen LogP contribution in [0.3, 0.4) is 0 Å². The molecule has 1 aliphatic rings. The van der Waals surface area contributed by atoms with Gasteiger partial charge >= 0.3 is 0 Å². The Balaban J connectivity index is 2.08. The van der Waals surface area contributed by atoms with Gasteiger partial charge in [0.2, 0.25) is 0 Å². The molecule has 0 bridgehead atoms. The van der Waals surface area contributed by atoms with Gasteiger partial charge in [-0.15, -0.1) is 6.58 Å². The van der Waals surface area contributed by atoms with Crippen molar-refractivity contribution in [2.45, 2.75) is 31.8 Å². The second kappa shape index (κ2) is 6.46. The molecule has 1 saturated carbocycles. The Morgan fingerprint density at radius 1 is 1.39 bits per heavy atom. The Kier molecular flexibility index (Phi) is 4.93. The van der Waals surface area contributed by atoms with Crippen LogP contribution in [0.25, 0.3) is 0 Å². The van der Waals surface area contributed by atoms with Crippen LogP contribution in [-0.2, 0) is 6.54 Å². The quantitative estimate of drug-likeness (QED) is 0.599. The molecule has 0 aliphatic heterocycles. The molecule has 98 valence electrons. The lowest BCUT2D eigenvalue weighted by Gasteiger charge is -2.14. The Morgan fingerprint density at radius 2 is 2.17 bits per heavy atom. The summed E-state index contributed by atoms with van der Waals surface area (Å²) in [6.45, 7) is 5.00. The Labute approximate surface area is 118 Å². The van der Waals surface area contributed by atoms with Gasteiger partial charge in [0.15, 0.2) is 0 Å². The molecule has 2 nitrogen and oxygen atoms in total. The van der Waals surface area contributed by atoms with Crippen LogP contribution < -0.4 is 10.1 Å². The Morgan fingerprint density at radius 3 is 2.83 bits per heavy atom. The van der Waals surface area contributed by atoms with E-state index in [-0.39, 0.29) is 0 Å². The Bertz CT molecular complexity index is 430. The largest absolute Gasteiger partial charge is 0.491 e. The number of halogens is 2. The van der Waals surface area contributed by atoms with Gasteiger partial charge in [-0.25, -0.2) is 0 Å². The molecule has 1 aliphatic carbocycles. The molecule has 1 N–H and O–H groups in total. The highest BCUT2D eigenvalue weighted by Crippen LogP contribution is 2.33. The van der Waals surface area contributed by atoms with Crippen molar-refractivity contribution in [3.05, 3.63) is 40.4 Å². The minimum Gasteiger partial charge on any atom is -0.491 e. The number of rotatable bonds is 7. The zero-order chi connectivity index (χ0) is 13.0. The van der Waals surface area contributed by atoms with Gasteiger partial charge < -0.3 is 10.1 Å². The van der Waals surface area contributed by atoms with E-state index in [1.54, 1.807) is 6.07 Å². The second-order valence-electron chi connectivity index (χ2n) is 4.46. The van der Waals surface area contributed by atoms with E-state index in [0.29, 0.717) is 22.7 Å². The molecule has 2 rings (SSSR count). The third-order valence-corrected chi connectivity index (χ3v) is 3.31. The van der Waals surface area contributed by atoms with Crippen LogP contribution in [0, 0.1) is 0 Å². The van der Waals surface area contributed by atoms with Crippen LogP contribution in [0.4, 0.5) is 0 Å². The van der Waals surface area contributed by atoms with Gasteiger partial charge in [0.25, 0.3) is 0 Å². The van der Waals surface area contributed by atoms with Crippen molar-refractivity contribution >= 4 is 23.2 Å². The first kappa shape index (κ1) is 13.7. The van der Waals surface area contributed by atoms with Crippen molar-refractivity contribution < 1.29 is 4.74 Å². The normalized spacial score (nSPS) is 14.6. The zero-order valence-electron chi connectivity index (χ0n) is 10.2. The van der Waals surface area contributed by atoms with Gasteiger partial charge in [-0.2, -0.15) is 0 Å². The molecule has 0 amide bonds. The topological polar surface area (TPSA) is 21.3 Å². The molecular formula is C14H17Cl2NO. The first-order valence-corrected chi connectivity index (χ1v) is 6.91. The lowest BCUT2D eigenvalue weighted by atomic mass is 10.2. The summed E-state index contributed by atoms with van der Waals surface area (Å²) < 4.78 is 5.71. The molecule has 1 aromatic rings. The third kappa shape index (κ3) is 3.91. The van der Waals surface area contributed by atoms with Gasteiger partial charge in [-0.1, -0.05) is 29.3 Å². The predicted octanol–water partition coefficient (Wildman–Crippen LogP) is 4.20. The summed E-state index contributed by atoms with van der Waals surface area (Å²) >= 11 is 12.2. The highest BCUT2D eigenvalue weighted by Gasteiger charge is 2.21. The molecular weight excluding hydrogens is 269 g/mol. The summed E-state index contributed by atoms with van der Waals surface area (Å²) in [5, 5.41) is 4.65. The maximum Gasteiger partial charge on any atom is 0.142 e. The van der Waals surface area contributed by atoms with Crippen molar-refractivity contribution in [1.29, 1.82) is 0 Å². The van der Waals surface area contributed by atoms with Crippen LogP contribution >= 0.6 is 23.2 Å². The van der Waals surface area contributed by atoms with E-state index in [9.17, 15) is 0 Å². The van der Waals surface area contributed by atoms with E-state index >= 15 is 0 Å². The molecule has 4 heteroatoms. The fourth-order valence-corrected chi connectivity index (χ4v) is 2.28. The molecule has 1 fully saturated rings. The van der Waals surface area contributed by atoms with Crippen LogP contribution in [0.2, 0.25) is 10.0 Å². The minimum atomic E-state index is 0.569. The van der Waals surface area contributed by atoms with E-state index in [0.717, 1.165) is 24.3 Å². The summed E-state index contributed by atoms with van der Waals surface area (Å²) in [4.78, 5) is 0. The molecule has 1 aromatic carbocycles. The fraction of sp³-hybridized carbons (Fsp3) is 0.429. The van der Waals surface area contributed by atoms with E-state index in [4.69, 9.17) is 27.9 Å². The lowest BCUT2D eigenvalue weighted by molar-refractivity contribution is 0.321. The van der Waals surface area contributed by atoms with Crippen LogP contribution in [-0.4, -0.2) is 12.6 Å². The highest BCUT2D eigenvalue weighted by molar-refractivity contribution is 6.35. The third-order valence-electron chi connectivity index (χ3n) is 2.81. The van der Waals surface area contributed by atoms with Gasteiger partial charge in [-0.05, 0) is 31.4 Å². The molecule has 0 atom stereocenters. The maximum atomic E-state index is 6.18. The van der Waals surface area contributed by atoms with Gasteiger partial charge in [0.1, 0.15) is 5.75 Å². The molecule has 0 unspecified atom stereocenters. The zero-order valence-corrected chi connectivity index (χ0v) is 11.7. The summed E-state index contributed by atoms with van der Waals surface area (Å²) in [6.07, 6.45) is 5.13. The summed E-state index contributed by atoms with van der Waals surface area (Å²) in [7, 11) is 0. The van der Waals surface area contributed by atoms with E-state index < -0.39 is 0 Å². The molecule has 0 aromatic heterocycles. The highest BCUT2D eigenvalue weighted by atomic mass is 35.5. The molecule has 0 heterocycles. The average molecular weight is 286 g/mol. The van der Waals surface area contributed by atoms with E-state index in [1.807, 2.05) is 12.1 Å². The number of nitrogens with one attached hydrogen (secondary N) is 1. The molecule has 18 heavy (non-hydrogen) atoms. The molecule has 0 saturated heterocycles. The SMILES string of the molecule is C=CCCOc1c(Cl)cc(Cl)cc1CNC1CC1. The first-order valence-electron chi connectivity index (χ1n) is 6.15. The number of ether oxygens (including phenoxy) is 1. The molecule has 0 spiro atoms. The number of hydrogen-bond acceptors (Lipinski definition) is 2. The fourth-order valence-electron chi connectivity index (χ4n) is 1.69. The average Bonchev–Trinajstić information content (AvgIpc) is 3.13. The van der Waals surface area contributed by atoms with Crippen LogP contribution in [0.15, 0.2) is 24.8 Å². The van der Waals surface area contributed by atoms with Gasteiger partial charge in [0.05, 0.1) is 11.6 Å². The van der Waals surface area contributed by atoms with Crippen LogP contribution in [0.5, 0.6) is 5.75 Å². The standard InChI is InChI=1S/C14H17Cl2NO/c1-2-3-6-18-14-10(9-17-12-4-5-12)7-11(15)8-13(14)16/h2,7-8,12,17H,1,3-6,9H2. The van der Waals surface area contributed by atoms with Crippen molar-refractivity contribution in [2.75, 3.05) is 6.61 Å². The van der Waals surface area contributed by atoms with Crippen molar-refractivity contribution in [2.24, 2.45) is 0 Å². The van der Waals surface area contributed by atoms with Crippen LogP contribution in [0.1, 0.15) is 24.8 Å². The smallest absolute Gasteiger partial charge is 0.142 e. The predicted molar refractivity (Wildman–Crippen MR) is 76.6 cm³/mol. The van der Waals surface area contributed by atoms with Crippen molar-refractivity contribution in [3.63, 3.8) is 0 Å². The second-order valence-corrected chi connectivity index (χ2v) is 5.30. The van der Waals surface area contributed by atoms with Crippen molar-refractivity contribution in [1.82, 2.24) is 5.32 Å². The summed E-state index contributed by atoms with van der Waals surface area (Å²) in [5.74, 6) is 0.732. The minimum absolute atomic E-state index is 0.569. The van der Waals surface area contributed by atoms with E-state index in [2.05, 4.69) is 11.9 Å². The van der Waals surface area contributed by atoms with E-state index in [1.165, 1.54) is 12.8 Å².